The van der Waals surface area contributed by atoms with Crippen molar-refractivity contribution in [3.63, 3.8) is 0 Å². The number of rotatable bonds is 4. The first-order chi connectivity index (χ1) is 17.2. The van der Waals surface area contributed by atoms with Gasteiger partial charge >= 0.3 is 6.18 Å². The number of hydrogen-bond acceptors (Lipinski definition) is 3. The molecule has 5 nitrogen and oxygen atoms in total. The molecule has 1 atom stereocenters. The molecule has 10 heteroatoms. The highest BCUT2D eigenvalue weighted by atomic mass is 35.5. The van der Waals surface area contributed by atoms with Crippen LogP contribution in [-0.4, -0.2) is 59.5 Å². The van der Waals surface area contributed by atoms with Crippen LogP contribution in [0.4, 0.5) is 18.9 Å². The monoisotopic (exact) mass is 536 g/mol. The highest BCUT2D eigenvalue weighted by Gasteiger charge is 2.33. The van der Waals surface area contributed by atoms with E-state index in [2.05, 4.69) is 15.5 Å². The molecule has 36 heavy (non-hydrogen) atoms. The normalized spacial score (nSPS) is 18.9. The number of benzene rings is 2. The van der Waals surface area contributed by atoms with E-state index in [0.29, 0.717) is 48.5 Å². The van der Waals surface area contributed by atoms with E-state index >= 15 is 0 Å². The topological polar surface area (TPSA) is 31.7 Å². The molecule has 0 aliphatic carbocycles. The Balaban J connectivity index is 1.27. The summed E-state index contributed by atoms with van der Waals surface area (Å²) in [5.74, 6) is 0.00348. The Bertz CT molecular complexity index is 1250. The summed E-state index contributed by atoms with van der Waals surface area (Å²) in [5, 5.41) is 0.947. The number of anilines is 1. The Morgan fingerprint density at radius 1 is 0.889 bits per heavy atom. The molecule has 2 aliphatic rings. The van der Waals surface area contributed by atoms with Gasteiger partial charge in [0.05, 0.1) is 28.2 Å². The molecule has 0 saturated carbocycles. The van der Waals surface area contributed by atoms with E-state index in [1.165, 1.54) is 12.1 Å². The molecule has 2 aliphatic heterocycles. The van der Waals surface area contributed by atoms with Crippen molar-refractivity contribution >= 4 is 34.8 Å². The first kappa shape index (κ1) is 25.0. The van der Waals surface area contributed by atoms with Gasteiger partial charge in [-0.3, -0.25) is 9.69 Å². The van der Waals surface area contributed by atoms with E-state index in [4.69, 9.17) is 23.2 Å². The number of carbonyl (C=O) groups is 1. The van der Waals surface area contributed by atoms with Gasteiger partial charge in [-0.1, -0.05) is 35.3 Å². The van der Waals surface area contributed by atoms with Gasteiger partial charge in [-0.2, -0.15) is 13.2 Å². The van der Waals surface area contributed by atoms with Crippen LogP contribution in [0.1, 0.15) is 22.9 Å². The second-order valence-corrected chi connectivity index (χ2v) is 9.90. The summed E-state index contributed by atoms with van der Waals surface area (Å²) in [6.45, 7) is 3.57. The third kappa shape index (κ3) is 5.08. The maximum Gasteiger partial charge on any atom is 0.416 e. The third-order valence-corrected chi connectivity index (χ3v) is 7.65. The molecule has 0 N–H and O–H groups in total. The molecule has 3 aromatic rings. The molecule has 1 amide bonds. The predicted octanol–water partition coefficient (Wildman–Crippen LogP) is 5.57. The molecule has 1 fully saturated rings. The lowest BCUT2D eigenvalue weighted by atomic mass is 10.00. The fourth-order valence-electron chi connectivity index (χ4n) is 5.03. The Kier molecular flexibility index (Phi) is 6.94. The maximum absolute atomic E-state index is 13.3. The lowest BCUT2D eigenvalue weighted by molar-refractivity contribution is -0.137. The van der Waals surface area contributed by atoms with Gasteiger partial charge in [0, 0.05) is 56.8 Å². The standard InChI is InChI=1S/C26H25Cl2F3N4O/c27-21-7-6-18(15-22(21)28)25-23-5-2-8-33(23)11-14-35(25)17-24(36)34-12-9-32(10-13-34)20-4-1-3-19(16-20)26(29,30)31/h1-8,15-16,25H,9-14,17H2. The number of piperazine rings is 1. The van der Waals surface area contributed by atoms with Crippen LogP contribution >= 0.6 is 23.2 Å². The average molecular weight is 537 g/mol. The van der Waals surface area contributed by atoms with Crippen molar-refractivity contribution in [2.24, 2.45) is 0 Å². The maximum atomic E-state index is 13.3. The van der Waals surface area contributed by atoms with Gasteiger partial charge in [-0.15, -0.1) is 0 Å². The van der Waals surface area contributed by atoms with E-state index in [1.807, 2.05) is 29.3 Å². The van der Waals surface area contributed by atoms with Crippen molar-refractivity contribution in [3.8, 4) is 0 Å². The van der Waals surface area contributed by atoms with Crippen LogP contribution in [0.25, 0.3) is 0 Å². The molecule has 1 aromatic heterocycles. The molecule has 0 radical (unpaired) electrons. The van der Waals surface area contributed by atoms with E-state index in [1.54, 1.807) is 17.0 Å². The summed E-state index contributed by atoms with van der Waals surface area (Å²) in [4.78, 5) is 19.1. The molecule has 0 bridgehead atoms. The van der Waals surface area contributed by atoms with Crippen LogP contribution in [-0.2, 0) is 17.5 Å². The predicted molar refractivity (Wildman–Crippen MR) is 135 cm³/mol. The van der Waals surface area contributed by atoms with Crippen LogP contribution in [0.15, 0.2) is 60.8 Å². The fourth-order valence-corrected chi connectivity index (χ4v) is 5.34. The van der Waals surface area contributed by atoms with E-state index in [0.717, 1.165) is 23.9 Å². The zero-order valence-electron chi connectivity index (χ0n) is 19.4. The summed E-state index contributed by atoms with van der Waals surface area (Å²) in [6.07, 6.45) is -2.35. The molecule has 5 rings (SSSR count). The molecule has 1 unspecified atom stereocenters. The zero-order chi connectivity index (χ0) is 25.4. The Hall–Kier alpha value is -2.68. The number of aromatic nitrogens is 1. The minimum absolute atomic E-state index is 0.00348. The highest BCUT2D eigenvalue weighted by molar-refractivity contribution is 6.42. The lowest BCUT2D eigenvalue weighted by Gasteiger charge is -2.40. The van der Waals surface area contributed by atoms with Crippen LogP contribution in [0, 0.1) is 0 Å². The quantitative estimate of drug-likeness (QED) is 0.437. The smallest absolute Gasteiger partial charge is 0.368 e. The molecular formula is C26H25Cl2F3N4O. The van der Waals surface area contributed by atoms with Crippen LogP contribution in [0.3, 0.4) is 0 Å². The highest BCUT2D eigenvalue weighted by Crippen LogP contribution is 2.35. The number of nitrogens with zero attached hydrogens (tertiary/aromatic N) is 4. The SMILES string of the molecule is O=C(CN1CCn2cccc2C1c1ccc(Cl)c(Cl)c1)N1CCN(c2cccc(C(F)(F)F)c2)CC1. The van der Waals surface area contributed by atoms with Crippen molar-refractivity contribution in [1.29, 1.82) is 0 Å². The molecular weight excluding hydrogens is 512 g/mol. The van der Waals surface area contributed by atoms with Gasteiger partial charge in [0.15, 0.2) is 0 Å². The molecule has 190 valence electrons. The van der Waals surface area contributed by atoms with Crippen molar-refractivity contribution in [2.45, 2.75) is 18.8 Å². The van der Waals surface area contributed by atoms with Crippen LogP contribution in [0.2, 0.25) is 10.0 Å². The Morgan fingerprint density at radius 3 is 2.39 bits per heavy atom. The average Bonchev–Trinajstić information content (AvgIpc) is 3.34. The minimum atomic E-state index is -4.38. The number of alkyl halides is 3. The molecule has 1 saturated heterocycles. The van der Waals surface area contributed by atoms with Gasteiger partial charge in [0.25, 0.3) is 0 Å². The Morgan fingerprint density at radius 2 is 1.67 bits per heavy atom. The van der Waals surface area contributed by atoms with E-state index in [-0.39, 0.29) is 18.5 Å². The summed E-state index contributed by atoms with van der Waals surface area (Å²) in [6, 6.07) is 14.8. The number of hydrogen-bond donors (Lipinski definition) is 0. The van der Waals surface area contributed by atoms with Crippen molar-refractivity contribution in [3.05, 3.63) is 87.7 Å². The summed E-state index contributed by atoms with van der Waals surface area (Å²) >= 11 is 12.4. The second kappa shape index (κ2) is 10.00. The third-order valence-electron chi connectivity index (χ3n) is 6.91. The first-order valence-electron chi connectivity index (χ1n) is 11.7. The molecule has 2 aromatic carbocycles. The number of amides is 1. The van der Waals surface area contributed by atoms with Gasteiger partial charge in [-0.05, 0) is 48.0 Å². The van der Waals surface area contributed by atoms with Crippen LogP contribution in [0.5, 0.6) is 0 Å². The lowest BCUT2D eigenvalue weighted by Crippen LogP contribution is -2.52. The fraction of sp³-hybridized carbons (Fsp3) is 0.346. The number of carbonyl (C=O) groups excluding carboxylic acids is 1. The summed E-state index contributed by atoms with van der Waals surface area (Å²) in [5.41, 5.74) is 1.91. The van der Waals surface area contributed by atoms with Gasteiger partial charge < -0.3 is 14.4 Å². The van der Waals surface area contributed by atoms with Crippen LogP contribution < -0.4 is 4.90 Å². The van der Waals surface area contributed by atoms with E-state index < -0.39 is 11.7 Å². The van der Waals surface area contributed by atoms with Crippen molar-refractivity contribution in [2.75, 3.05) is 44.2 Å². The largest absolute Gasteiger partial charge is 0.416 e. The van der Waals surface area contributed by atoms with Gasteiger partial charge in [-0.25, -0.2) is 0 Å². The number of fused-ring (bicyclic) bond motifs is 1. The zero-order valence-corrected chi connectivity index (χ0v) is 20.9. The summed E-state index contributed by atoms with van der Waals surface area (Å²) < 4.78 is 41.5. The first-order valence-corrected chi connectivity index (χ1v) is 12.5. The molecule has 0 spiro atoms. The molecule has 3 heterocycles. The minimum Gasteiger partial charge on any atom is -0.368 e. The van der Waals surface area contributed by atoms with Crippen molar-refractivity contribution < 1.29 is 18.0 Å². The van der Waals surface area contributed by atoms with Gasteiger partial charge in [0.2, 0.25) is 5.91 Å². The second-order valence-electron chi connectivity index (χ2n) is 9.09. The Labute approximate surface area is 217 Å². The van der Waals surface area contributed by atoms with Gasteiger partial charge in [0.1, 0.15) is 0 Å². The van der Waals surface area contributed by atoms with E-state index in [9.17, 15) is 18.0 Å². The number of halogens is 5. The summed E-state index contributed by atoms with van der Waals surface area (Å²) in [7, 11) is 0. The van der Waals surface area contributed by atoms with Crippen molar-refractivity contribution in [1.82, 2.24) is 14.4 Å².